The molecule has 1 amide bonds. The summed E-state index contributed by atoms with van der Waals surface area (Å²) in [5.41, 5.74) is 0. The second kappa shape index (κ2) is 7.61. The summed E-state index contributed by atoms with van der Waals surface area (Å²) in [5, 5.41) is 10.2. The zero-order valence-corrected chi connectivity index (χ0v) is 14.8. The Labute approximate surface area is 146 Å². The number of hydrogen-bond donors (Lipinski definition) is 0. The van der Waals surface area contributed by atoms with Crippen molar-refractivity contribution in [2.45, 2.75) is 25.4 Å². The first-order valence-electron chi connectivity index (χ1n) is 8.09. The molecule has 0 aliphatic carbocycles. The normalized spacial score (nSPS) is 17.6. The van der Waals surface area contributed by atoms with Crippen LogP contribution in [0.15, 0.2) is 29.6 Å². The van der Waals surface area contributed by atoms with E-state index in [2.05, 4.69) is 10.2 Å². The second-order valence-electron chi connectivity index (χ2n) is 6.10. The second-order valence-corrected chi connectivity index (χ2v) is 7.13. The standard InChI is InChI=1S/C17H22N4O2S/c1-20(2)15-7-8-16(19-18-15)23-13-5-3-9-21(12-13)17(22)11-14-6-4-10-24-14/h4,6-8,10,13H,3,5,9,11-12H2,1-2H3. The van der Waals surface area contributed by atoms with E-state index in [1.165, 1.54) is 0 Å². The number of likely N-dealkylation sites (tertiary alicyclic amines) is 1. The zero-order chi connectivity index (χ0) is 16.9. The number of hydrogen-bond acceptors (Lipinski definition) is 6. The van der Waals surface area contributed by atoms with Crippen molar-refractivity contribution >= 4 is 23.1 Å². The van der Waals surface area contributed by atoms with Gasteiger partial charge in [-0.05, 0) is 30.4 Å². The Morgan fingerprint density at radius 1 is 1.38 bits per heavy atom. The molecule has 1 aliphatic rings. The van der Waals surface area contributed by atoms with E-state index in [1.54, 1.807) is 11.3 Å². The fourth-order valence-corrected chi connectivity index (χ4v) is 3.42. The van der Waals surface area contributed by atoms with Crippen LogP contribution in [0.5, 0.6) is 5.88 Å². The molecule has 1 fully saturated rings. The lowest BCUT2D eigenvalue weighted by Crippen LogP contribution is -2.45. The Balaban J connectivity index is 1.56. The number of piperidine rings is 1. The predicted octanol–water partition coefficient (Wildman–Crippen LogP) is 2.22. The van der Waals surface area contributed by atoms with Crippen LogP contribution in [-0.2, 0) is 11.2 Å². The number of rotatable bonds is 5. The molecule has 1 aliphatic heterocycles. The van der Waals surface area contributed by atoms with Crippen molar-refractivity contribution in [3.05, 3.63) is 34.5 Å². The minimum absolute atomic E-state index is 0.0226. The molecular formula is C17H22N4O2S. The Morgan fingerprint density at radius 2 is 2.25 bits per heavy atom. The van der Waals surface area contributed by atoms with E-state index in [1.807, 2.05) is 53.5 Å². The van der Waals surface area contributed by atoms with Gasteiger partial charge < -0.3 is 14.5 Å². The number of anilines is 1. The molecule has 7 heteroatoms. The number of carbonyl (C=O) groups is 1. The van der Waals surface area contributed by atoms with Crippen molar-refractivity contribution in [2.24, 2.45) is 0 Å². The van der Waals surface area contributed by atoms with Crippen molar-refractivity contribution < 1.29 is 9.53 Å². The van der Waals surface area contributed by atoms with Crippen molar-refractivity contribution in [3.8, 4) is 5.88 Å². The van der Waals surface area contributed by atoms with Crippen LogP contribution in [0.1, 0.15) is 17.7 Å². The Bertz CT molecular complexity index is 658. The largest absolute Gasteiger partial charge is 0.471 e. The van der Waals surface area contributed by atoms with Gasteiger partial charge >= 0.3 is 0 Å². The number of aromatic nitrogens is 2. The predicted molar refractivity (Wildman–Crippen MR) is 94.6 cm³/mol. The summed E-state index contributed by atoms with van der Waals surface area (Å²) in [7, 11) is 3.84. The van der Waals surface area contributed by atoms with Crippen molar-refractivity contribution in [1.29, 1.82) is 0 Å². The topological polar surface area (TPSA) is 58.6 Å². The van der Waals surface area contributed by atoms with Gasteiger partial charge in [-0.2, -0.15) is 0 Å². The van der Waals surface area contributed by atoms with E-state index in [9.17, 15) is 4.79 Å². The molecule has 24 heavy (non-hydrogen) atoms. The SMILES string of the molecule is CN(C)c1ccc(OC2CCCN(C(=O)Cc3cccs3)C2)nn1. The highest BCUT2D eigenvalue weighted by Crippen LogP contribution is 2.19. The van der Waals surface area contributed by atoms with Crippen molar-refractivity contribution in [1.82, 2.24) is 15.1 Å². The van der Waals surface area contributed by atoms with Crippen LogP contribution in [0, 0.1) is 0 Å². The molecule has 0 bridgehead atoms. The van der Waals surface area contributed by atoms with Crippen LogP contribution in [-0.4, -0.2) is 54.3 Å². The molecular weight excluding hydrogens is 324 g/mol. The van der Waals surface area contributed by atoms with Crippen molar-refractivity contribution in [2.75, 3.05) is 32.1 Å². The molecule has 2 aromatic rings. The van der Waals surface area contributed by atoms with Crippen molar-refractivity contribution in [3.63, 3.8) is 0 Å². The fourth-order valence-electron chi connectivity index (χ4n) is 2.72. The molecule has 6 nitrogen and oxygen atoms in total. The highest BCUT2D eigenvalue weighted by molar-refractivity contribution is 7.10. The summed E-state index contributed by atoms with van der Waals surface area (Å²) >= 11 is 1.62. The maximum Gasteiger partial charge on any atom is 0.233 e. The number of nitrogens with zero attached hydrogens (tertiary/aromatic N) is 4. The number of amides is 1. The summed E-state index contributed by atoms with van der Waals surface area (Å²) in [6, 6.07) is 7.69. The minimum atomic E-state index is -0.0226. The molecule has 0 N–H and O–H groups in total. The molecule has 128 valence electrons. The van der Waals surface area contributed by atoms with Crippen LogP contribution in [0.2, 0.25) is 0 Å². The van der Waals surface area contributed by atoms with Crippen LogP contribution >= 0.6 is 11.3 Å². The minimum Gasteiger partial charge on any atom is -0.471 e. The Hall–Kier alpha value is -2.15. The highest BCUT2D eigenvalue weighted by atomic mass is 32.1. The molecule has 1 saturated heterocycles. The first-order chi connectivity index (χ1) is 11.6. The lowest BCUT2D eigenvalue weighted by atomic mass is 10.1. The van der Waals surface area contributed by atoms with Crippen LogP contribution in [0.25, 0.3) is 0 Å². The van der Waals surface area contributed by atoms with Gasteiger partial charge in [0.25, 0.3) is 0 Å². The lowest BCUT2D eigenvalue weighted by molar-refractivity contribution is -0.133. The monoisotopic (exact) mass is 346 g/mol. The Morgan fingerprint density at radius 3 is 2.92 bits per heavy atom. The molecule has 1 unspecified atom stereocenters. The van der Waals surface area contributed by atoms with E-state index in [4.69, 9.17) is 4.74 Å². The van der Waals surface area contributed by atoms with E-state index in [-0.39, 0.29) is 12.0 Å². The Kier molecular flexibility index (Phi) is 5.30. The van der Waals surface area contributed by atoms with Gasteiger partial charge in [0.05, 0.1) is 13.0 Å². The molecule has 3 rings (SSSR count). The summed E-state index contributed by atoms with van der Waals surface area (Å²) in [6.07, 6.45) is 2.33. The first kappa shape index (κ1) is 16.7. The van der Waals surface area contributed by atoms with Gasteiger partial charge in [0.15, 0.2) is 5.82 Å². The third-order valence-corrected chi connectivity index (χ3v) is 4.88. The van der Waals surface area contributed by atoms with Crippen LogP contribution < -0.4 is 9.64 Å². The number of thiophene rings is 1. The third-order valence-electron chi connectivity index (χ3n) is 4.01. The third kappa shape index (κ3) is 4.23. The molecule has 2 aromatic heterocycles. The van der Waals surface area contributed by atoms with Gasteiger partial charge in [-0.25, -0.2) is 0 Å². The van der Waals surface area contributed by atoms with Gasteiger partial charge in [-0.3, -0.25) is 4.79 Å². The molecule has 0 aromatic carbocycles. The van der Waals surface area contributed by atoms with E-state index < -0.39 is 0 Å². The maximum atomic E-state index is 12.4. The smallest absolute Gasteiger partial charge is 0.233 e. The van der Waals surface area contributed by atoms with Crippen LogP contribution in [0.4, 0.5) is 5.82 Å². The zero-order valence-electron chi connectivity index (χ0n) is 14.0. The quantitative estimate of drug-likeness (QED) is 0.831. The highest BCUT2D eigenvalue weighted by Gasteiger charge is 2.25. The average Bonchev–Trinajstić information content (AvgIpc) is 3.08. The lowest BCUT2D eigenvalue weighted by Gasteiger charge is -2.32. The molecule has 1 atom stereocenters. The molecule has 0 saturated carbocycles. The number of ether oxygens (including phenoxy) is 1. The maximum absolute atomic E-state index is 12.4. The van der Waals surface area contributed by atoms with Gasteiger partial charge in [0, 0.05) is 31.6 Å². The summed E-state index contributed by atoms with van der Waals surface area (Å²) in [4.78, 5) is 17.3. The number of carbonyl (C=O) groups excluding carboxylic acids is 1. The van der Waals surface area contributed by atoms with Gasteiger partial charge in [0.2, 0.25) is 11.8 Å². The summed E-state index contributed by atoms with van der Waals surface area (Å²) in [6.45, 7) is 1.41. The average molecular weight is 346 g/mol. The van der Waals surface area contributed by atoms with E-state index in [0.29, 0.717) is 18.8 Å². The molecule has 0 spiro atoms. The van der Waals surface area contributed by atoms with Gasteiger partial charge in [0.1, 0.15) is 6.10 Å². The molecule has 0 radical (unpaired) electrons. The van der Waals surface area contributed by atoms with E-state index in [0.717, 1.165) is 30.1 Å². The summed E-state index contributed by atoms with van der Waals surface area (Å²) in [5.74, 6) is 1.47. The van der Waals surface area contributed by atoms with Gasteiger partial charge in [-0.1, -0.05) is 6.07 Å². The first-order valence-corrected chi connectivity index (χ1v) is 8.97. The van der Waals surface area contributed by atoms with Gasteiger partial charge in [-0.15, -0.1) is 21.5 Å². The molecule has 3 heterocycles. The van der Waals surface area contributed by atoms with E-state index >= 15 is 0 Å². The summed E-state index contributed by atoms with van der Waals surface area (Å²) < 4.78 is 5.92. The van der Waals surface area contributed by atoms with Crippen LogP contribution in [0.3, 0.4) is 0 Å². The fraction of sp³-hybridized carbons (Fsp3) is 0.471.